The fraction of sp³-hybridized carbons (Fsp3) is 0.143. The summed E-state index contributed by atoms with van der Waals surface area (Å²) in [6.45, 7) is 0. The molecule has 0 aliphatic heterocycles. The molecule has 5 heteroatoms. The minimum Gasteiger partial charge on any atom is -0.388 e. The summed E-state index contributed by atoms with van der Waals surface area (Å²) in [5.74, 6) is 0.487. The van der Waals surface area contributed by atoms with E-state index >= 15 is 0 Å². The fourth-order valence-corrected chi connectivity index (χ4v) is 3.35. The second-order valence-corrected chi connectivity index (χ2v) is 6.30. The molecule has 2 rings (SSSR count). The van der Waals surface area contributed by atoms with Crippen molar-refractivity contribution in [3.05, 3.63) is 63.1 Å². The Morgan fingerprint density at radius 3 is 2.26 bits per heavy atom. The Balaban J connectivity index is 2.05. The summed E-state index contributed by atoms with van der Waals surface area (Å²) in [6.07, 6.45) is -0.641. The van der Waals surface area contributed by atoms with Crippen molar-refractivity contribution in [3.63, 3.8) is 0 Å². The highest BCUT2D eigenvalue weighted by Gasteiger charge is 2.11. The monoisotopic (exact) mass is 332 g/mol. The van der Waals surface area contributed by atoms with Crippen LogP contribution in [0.1, 0.15) is 11.7 Å². The van der Waals surface area contributed by atoms with Crippen LogP contribution in [0.3, 0.4) is 0 Å². The van der Waals surface area contributed by atoms with Gasteiger partial charge in [-0.15, -0.1) is 11.8 Å². The molecular formula is C14H11Cl3OS. The van der Waals surface area contributed by atoms with E-state index < -0.39 is 6.10 Å². The summed E-state index contributed by atoms with van der Waals surface area (Å²) in [4.78, 5) is 0.941. The Hall–Kier alpha value is -0.380. The maximum Gasteiger partial charge on any atom is 0.0884 e. The van der Waals surface area contributed by atoms with Crippen LogP contribution in [0.5, 0.6) is 0 Å². The number of aliphatic hydroxyl groups is 1. The van der Waals surface area contributed by atoms with Crippen LogP contribution in [-0.2, 0) is 0 Å². The van der Waals surface area contributed by atoms with Crippen LogP contribution >= 0.6 is 46.6 Å². The highest BCUT2D eigenvalue weighted by molar-refractivity contribution is 7.99. The van der Waals surface area contributed by atoms with Gasteiger partial charge in [0.25, 0.3) is 0 Å². The molecule has 0 aliphatic rings. The predicted octanol–water partition coefficient (Wildman–Crippen LogP) is 5.47. The molecule has 1 nitrogen and oxygen atoms in total. The summed E-state index contributed by atoms with van der Waals surface area (Å²) < 4.78 is 0. The maximum absolute atomic E-state index is 10.1. The fourth-order valence-electron chi connectivity index (χ4n) is 1.59. The predicted molar refractivity (Wildman–Crippen MR) is 83.6 cm³/mol. The van der Waals surface area contributed by atoms with Gasteiger partial charge in [0, 0.05) is 20.7 Å². The second-order valence-electron chi connectivity index (χ2n) is 3.96. The van der Waals surface area contributed by atoms with Gasteiger partial charge in [-0.3, -0.25) is 0 Å². The van der Waals surface area contributed by atoms with E-state index in [4.69, 9.17) is 34.8 Å². The molecule has 0 fully saturated rings. The van der Waals surface area contributed by atoms with Gasteiger partial charge >= 0.3 is 0 Å². The van der Waals surface area contributed by atoms with E-state index in [9.17, 15) is 5.11 Å². The van der Waals surface area contributed by atoms with E-state index in [1.807, 2.05) is 24.3 Å². The van der Waals surface area contributed by atoms with Crippen LogP contribution in [0, 0.1) is 0 Å². The molecule has 2 aromatic rings. The molecule has 0 bridgehead atoms. The molecule has 1 atom stereocenters. The smallest absolute Gasteiger partial charge is 0.0884 e. The normalized spacial score (nSPS) is 12.4. The van der Waals surface area contributed by atoms with Gasteiger partial charge in [0.1, 0.15) is 0 Å². The van der Waals surface area contributed by atoms with Gasteiger partial charge in [0.2, 0.25) is 0 Å². The molecule has 0 radical (unpaired) electrons. The number of aliphatic hydroxyl groups excluding tert-OH is 1. The lowest BCUT2D eigenvalue weighted by Crippen LogP contribution is -2.00. The molecule has 1 N–H and O–H groups in total. The minimum atomic E-state index is -0.641. The van der Waals surface area contributed by atoms with Crippen molar-refractivity contribution in [2.45, 2.75) is 11.0 Å². The molecule has 100 valence electrons. The zero-order valence-corrected chi connectivity index (χ0v) is 12.9. The standard InChI is InChI=1S/C14H11Cl3OS/c15-10-5-9(6-11(16)7-10)13(18)8-19-14-4-2-1-3-12(14)17/h1-7,13,18H,8H2. The molecule has 0 saturated carbocycles. The number of hydrogen-bond donors (Lipinski definition) is 1. The third-order valence-corrected chi connectivity index (χ3v) is 4.53. The first-order valence-corrected chi connectivity index (χ1v) is 7.69. The number of halogens is 3. The van der Waals surface area contributed by atoms with Crippen molar-refractivity contribution in [3.8, 4) is 0 Å². The summed E-state index contributed by atoms with van der Waals surface area (Å²) >= 11 is 19.4. The van der Waals surface area contributed by atoms with Crippen molar-refractivity contribution in [2.24, 2.45) is 0 Å². The van der Waals surface area contributed by atoms with E-state index in [-0.39, 0.29) is 0 Å². The Kier molecular flexibility index (Phi) is 5.43. The van der Waals surface area contributed by atoms with E-state index in [0.717, 1.165) is 4.90 Å². The number of benzene rings is 2. The summed E-state index contributed by atoms with van der Waals surface area (Å²) in [5, 5.41) is 11.9. The molecule has 0 aliphatic carbocycles. The SMILES string of the molecule is OC(CSc1ccccc1Cl)c1cc(Cl)cc(Cl)c1. The van der Waals surface area contributed by atoms with Gasteiger partial charge in [-0.25, -0.2) is 0 Å². The lowest BCUT2D eigenvalue weighted by atomic mass is 10.1. The molecular weight excluding hydrogens is 323 g/mol. The van der Waals surface area contributed by atoms with Gasteiger partial charge in [-0.1, -0.05) is 46.9 Å². The van der Waals surface area contributed by atoms with Crippen molar-refractivity contribution in [1.29, 1.82) is 0 Å². The Morgan fingerprint density at radius 1 is 1.00 bits per heavy atom. The van der Waals surface area contributed by atoms with Crippen molar-refractivity contribution < 1.29 is 5.11 Å². The van der Waals surface area contributed by atoms with Gasteiger partial charge in [0.15, 0.2) is 0 Å². The highest BCUT2D eigenvalue weighted by atomic mass is 35.5. The number of rotatable bonds is 4. The lowest BCUT2D eigenvalue weighted by molar-refractivity contribution is 0.204. The average molecular weight is 334 g/mol. The highest BCUT2D eigenvalue weighted by Crippen LogP contribution is 2.31. The lowest BCUT2D eigenvalue weighted by Gasteiger charge is -2.12. The van der Waals surface area contributed by atoms with Crippen molar-refractivity contribution in [2.75, 3.05) is 5.75 Å². The number of thioether (sulfide) groups is 1. The third-order valence-electron chi connectivity index (χ3n) is 2.50. The van der Waals surface area contributed by atoms with Crippen molar-refractivity contribution in [1.82, 2.24) is 0 Å². The maximum atomic E-state index is 10.1. The van der Waals surface area contributed by atoms with Gasteiger partial charge < -0.3 is 5.11 Å². The summed E-state index contributed by atoms with van der Waals surface area (Å²) in [5.41, 5.74) is 0.706. The van der Waals surface area contributed by atoms with E-state index in [0.29, 0.717) is 26.4 Å². The minimum absolute atomic E-state index is 0.487. The van der Waals surface area contributed by atoms with Crippen LogP contribution in [0.25, 0.3) is 0 Å². The quantitative estimate of drug-likeness (QED) is 0.748. The summed E-state index contributed by atoms with van der Waals surface area (Å²) in [7, 11) is 0. The molecule has 0 spiro atoms. The van der Waals surface area contributed by atoms with Crippen LogP contribution in [-0.4, -0.2) is 10.9 Å². The zero-order chi connectivity index (χ0) is 13.8. The van der Waals surface area contributed by atoms with Crippen LogP contribution < -0.4 is 0 Å². The van der Waals surface area contributed by atoms with Crippen LogP contribution in [0.2, 0.25) is 15.1 Å². The molecule has 2 aromatic carbocycles. The molecule has 0 aromatic heterocycles. The van der Waals surface area contributed by atoms with Gasteiger partial charge in [-0.05, 0) is 35.9 Å². The van der Waals surface area contributed by atoms with Crippen LogP contribution in [0.15, 0.2) is 47.4 Å². The second kappa shape index (κ2) is 6.87. The van der Waals surface area contributed by atoms with E-state index in [1.54, 1.807) is 18.2 Å². The average Bonchev–Trinajstić information content (AvgIpc) is 2.36. The molecule has 1 unspecified atom stereocenters. The topological polar surface area (TPSA) is 20.2 Å². The Labute approximate surface area is 131 Å². The zero-order valence-electron chi connectivity index (χ0n) is 9.82. The first-order valence-electron chi connectivity index (χ1n) is 5.57. The summed E-state index contributed by atoms with van der Waals surface area (Å²) in [6, 6.07) is 12.6. The molecule has 0 heterocycles. The molecule has 19 heavy (non-hydrogen) atoms. The Morgan fingerprint density at radius 2 is 1.63 bits per heavy atom. The third kappa shape index (κ3) is 4.30. The van der Waals surface area contributed by atoms with E-state index in [1.165, 1.54) is 11.8 Å². The number of hydrogen-bond acceptors (Lipinski definition) is 2. The van der Waals surface area contributed by atoms with E-state index in [2.05, 4.69) is 0 Å². The molecule has 0 amide bonds. The first-order chi connectivity index (χ1) is 9.06. The van der Waals surface area contributed by atoms with Crippen molar-refractivity contribution >= 4 is 46.6 Å². The molecule has 0 saturated heterocycles. The largest absolute Gasteiger partial charge is 0.388 e. The Bertz CT molecular complexity index is 554. The van der Waals surface area contributed by atoms with Gasteiger partial charge in [-0.2, -0.15) is 0 Å². The van der Waals surface area contributed by atoms with Gasteiger partial charge in [0.05, 0.1) is 11.1 Å². The first kappa shape index (κ1) is 15.0. The van der Waals surface area contributed by atoms with Crippen LogP contribution in [0.4, 0.5) is 0 Å².